The van der Waals surface area contributed by atoms with Crippen molar-refractivity contribution in [1.29, 1.82) is 0 Å². The van der Waals surface area contributed by atoms with Crippen LogP contribution < -0.4 is 15.6 Å². The Balaban J connectivity index is 2.24. The van der Waals surface area contributed by atoms with E-state index in [1.54, 1.807) is 0 Å². The Hall–Kier alpha value is -2.19. The molecule has 20 heavy (non-hydrogen) atoms. The first-order chi connectivity index (χ1) is 9.82. The average molecular weight is 277 g/mol. The van der Waals surface area contributed by atoms with E-state index in [0.29, 0.717) is 0 Å². The molecule has 0 saturated carbocycles. The summed E-state index contributed by atoms with van der Waals surface area (Å²) in [6.45, 7) is 0. The molecule has 0 N–H and O–H groups in total. The molecule has 0 spiro atoms. The van der Waals surface area contributed by atoms with Crippen LogP contribution in [-0.4, -0.2) is 8.41 Å². The Morgan fingerprint density at radius 1 is 0.450 bits per heavy atom. The van der Waals surface area contributed by atoms with Crippen molar-refractivity contribution in [2.75, 3.05) is 0 Å². The second kappa shape index (κ2) is 5.43. The van der Waals surface area contributed by atoms with E-state index in [-0.39, 0.29) is 0 Å². The van der Waals surface area contributed by atoms with Crippen LogP contribution in [0.4, 0.5) is 4.11 Å². The van der Waals surface area contributed by atoms with Crippen molar-refractivity contribution in [1.82, 2.24) is 0 Å². The molecule has 98 valence electrons. The van der Waals surface area contributed by atoms with Crippen LogP contribution in [0.5, 0.6) is 0 Å². The summed E-state index contributed by atoms with van der Waals surface area (Å²) in [5.74, 6) is 0. The van der Waals surface area contributed by atoms with Crippen molar-refractivity contribution in [2.24, 2.45) is 0 Å². The van der Waals surface area contributed by atoms with Gasteiger partial charge in [-0.25, -0.2) is 0 Å². The van der Waals surface area contributed by atoms with Gasteiger partial charge in [-0.05, 0) is 15.6 Å². The smallest absolute Gasteiger partial charge is 0.296 e. The van der Waals surface area contributed by atoms with E-state index in [4.69, 9.17) is 0 Å². The Morgan fingerprint density at radius 2 is 0.700 bits per heavy atom. The lowest BCUT2D eigenvalue weighted by Gasteiger charge is -2.24. The number of hydrogen-bond acceptors (Lipinski definition) is 0. The summed E-state index contributed by atoms with van der Waals surface area (Å²) in [6.07, 6.45) is 0. The van der Waals surface area contributed by atoms with Gasteiger partial charge in [0.2, 0.25) is 0 Å². The van der Waals surface area contributed by atoms with Gasteiger partial charge < -0.3 is 0 Å². The minimum atomic E-state index is -3.38. The van der Waals surface area contributed by atoms with Crippen LogP contribution in [0.25, 0.3) is 0 Å². The number of rotatable bonds is 3. The fourth-order valence-electron chi connectivity index (χ4n) is 2.50. The Bertz CT molecular complexity index is 569. The SMILES string of the molecule is [18F][Si](c1ccccc1)(c1ccccc1)c1ccccc1. The second-order valence-corrected chi connectivity index (χ2v) is 7.81. The van der Waals surface area contributed by atoms with Gasteiger partial charge in [0.15, 0.2) is 0 Å². The zero-order valence-electron chi connectivity index (χ0n) is 11.0. The molecule has 2 heteroatoms. The van der Waals surface area contributed by atoms with Gasteiger partial charge in [-0.2, -0.15) is 0 Å². The molecule has 0 fully saturated rings. The minimum absolute atomic E-state index is 0.789. The first kappa shape index (κ1) is 12.8. The molecule has 0 unspecified atom stereocenters. The summed E-state index contributed by atoms with van der Waals surface area (Å²) in [5, 5.41) is 2.37. The van der Waals surface area contributed by atoms with Gasteiger partial charge in [0.1, 0.15) is 0 Å². The second-order valence-electron chi connectivity index (χ2n) is 4.76. The number of benzene rings is 3. The van der Waals surface area contributed by atoms with Crippen molar-refractivity contribution in [3.8, 4) is 0 Å². The van der Waals surface area contributed by atoms with Crippen molar-refractivity contribution in [2.45, 2.75) is 0 Å². The van der Waals surface area contributed by atoms with Crippen LogP contribution in [0, 0.1) is 0 Å². The van der Waals surface area contributed by atoms with E-state index in [2.05, 4.69) is 0 Å². The van der Waals surface area contributed by atoms with Gasteiger partial charge >= 0.3 is 8.41 Å². The molecular formula is C18H15FSi. The van der Waals surface area contributed by atoms with E-state index in [9.17, 15) is 0 Å². The molecule has 0 bridgehead atoms. The minimum Gasteiger partial charge on any atom is -0.296 e. The molecule has 3 rings (SSSR count). The van der Waals surface area contributed by atoms with Crippen molar-refractivity contribution in [3.05, 3.63) is 91.0 Å². The maximum Gasteiger partial charge on any atom is 0.339 e. The predicted molar refractivity (Wildman–Crippen MR) is 85.1 cm³/mol. The molecule has 3 aromatic carbocycles. The van der Waals surface area contributed by atoms with Crippen LogP contribution in [0.15, 0.2) is 91.0 Å². The third kappa shape index (κ3) is 2.19. The van der Waals surface area contributed by atoms with Crippen LogP contribution in [-0.2, 0) is 0 Å². The molecule has 0 radical (unpaired) electrons. The van der Waals surface area contributed by atoms with Gasteiger partial charge in [-0.1, -0.05) is 91.0 Å². The molecular weight excluding hydrogens is 262 g/mol. The third-order valence-electron chi connectivity index (χ3n) is 3.51. The lowest BCUT2D eigenvalue weighted by atomic mass is 10.3. The maximum atomic E-state index is 16.1. The standard InChI is InChI=1S/C18H15FSi/c19-20(16-10-4-1-5-11-16,17-12-6-2-7-13-17)18-14-8-3-9-15-18/h1-15H/i19-1. The van der Waals surface area contributed by atoms with Gasteiger partial charge in [-0.15, -0.1) is 0 Å². The summed E-state index contributed by atoms with van der Waals surface area (Å²) < 4.78 is 16.1. The van der Waals surface area contributed by atoms with E-state index >= 15 is 4.11 Å². The highest BCUT2D eigenvalue weighted by atomic mass is 28.4. The lowest BCUT2D eigenvalue weighted by molar-refractivity contribution is 0.842. The highest BCUT2D eigenvalue weighted by molar-refractivity contribution is 7.06. The maximum absolute atomic E-state index is 16.1. The van der Waals surface area contributed by atoms with Crippen LogP contribution >= 0.6 is 0 Å². The van der Waals surface area contributed by atoms with E-state index in [1.165, 1.54) is 0 Å². The van der Waals surface area contributed by atoms with Gasteiger partial charge in [0.05, 0.1) is 0 Å². The molecule has 0 atom stereocenters. The molecule has 0 nitrogen and oxygen atoms in total. The molecule has 0 amide bonds. The summed E-state index contributed by atoms with van der Waals surface area (Å²) >= 11 is 0. The fraction of sp³-hybridized carbons (Fsp3) is 0. The monoisotopic (exact) mass is 277 g/mol. The van der Waals surface area contributed by atoms with E-state index in [0.717, 1.165) is 15.6 Å². The Kier molecular flexibility index (Phi) is 3.48. The Morgan fingerprint density at radius 3 is 0.950 bits per heavy atom. The zero-order valence-corrected chi connectivity index (χ0v) is 12.0. The van der Waals surface area contributed by atoms with Gasteiger partial charge in [0.25, 0.3) is 0 Å². The van der Waals surface area contributed by atoms with Crippen molar-refractivity contribution >= 4 is 24.0 Å². The summed E-state index contributed by atoms with van der Waals surface area (Å²) in [4.78, 5) is 0. The first-order valence-corrected chi connectivity index (χ1v) is 8.55. The number of halogens is 1. The summed E-state index contributed by atoms with van der Waals surface area (Å²) in [6, 6.07) is 28.6. The van der Waals surface area contributed by atoms with Crippen LogP contribution in [0.2, 0.25) is 0 Å². The Labute approximate surface area is 119 Å². The topological polar surface area (TPSA) is 0 Å². The van der Waals surface area contributed by atoms with Crippen LogP contribution in [0.3, 0.4) is 0 Å². The molecule has 0 saturated heterocycles. The first-order valence-electron chi connectivity index (χ1n) is 6.67. The normalized spacial score (nSPS) is 11.2. The molecule has 0 heterocycles. The summed E-state index contributed by atoms with van der Waals surface area (Å²) in [7, 11) is -3.38. The fourth-order valence-corrected chi connectivity index (χ4v) is 5.46. The largest absolute Gasteiger partial charge is 0.339 e. The van der Waals surface area contributed by atoms with Crippen molar-refractivity contribution in [3.63, 3.8) is 0 Å². The zero-order chi connectivity index (χ0) is 13.8. The third-order valence-corrected chi connectivity index (χ3v) is 6.90. The van der Waals surface area contributed by atoms with E-state index < -0.39 is 8.41 Å². The molecule has 0 aliphatic rings. The van der Waals surface area contributed by atoms with E-state index in [1.807, 2.05) is 91.0 Å². The predicted octanol–water partition coefficient (Wildman–Crippen LogP) is 2.62. The molecule has 0 aliphatic heterocycles. The highest BCUT2D eigenvalue weighted by Crippen LogP contribution is 2.08. The van der Waals surface area contributed by atoms with Crippen molar-refractivity contribution < 1.29 is 4.11 Å². The molecule has 0 aromatic heterocycles. The average Bonchev–Trinajstić information content (AvgIpc) is 2.56. The van der Waals surface area contributed by atoms with Gasteiger partial charge in [-0.3, -0.25) is 4.11 Å². The van der Waals surface area contributed by atoms with Crippen LogP contribution in [0.1, 0.15) is 0 Å². The number of hydrogen-bond donors (Lipinski definition) is 0. The lowest BCUT2D eigenvalue weighted by Crippen LogP contribution is -2.63. The highest BCUT2D eigenvalue weighted by Gasteiger charge is 2.40. The molecule has 3 aromatic rings. The molecule has 0 aliphatic carbocycles. The van der Waals surface area contributed by atoms with Gasteiger partial charge in [0, 0.05) is 0 Å². The quantitative estimate of drug-likeness (QED) is 0.392. The summed E-state index contributed by atoms with van der Waals surface area (Å²) in [5.41, 5.74) is 0.